The van der Waals surface area contributed by atoms with Crippen LogP contribution in [0.4, 0.5) is 0 Å². The number of carbonyl (C=O) groups is 1. The highest BCUT2D eigenvalue weighted by Gasteiger charge is 2.32. The second-order valence-electron chi connectivity index (χ2n) is 2.95. The number of nitrogens with zero attached hydrogens (tertiary/aromatic N) is 2. The first-order valence-corrected chi connectivity index (χ1v) is 6.42. The highest BCUT2D eigenvalue weighted by molar-refractivity contribution is 8.18. The molecule has 2 rings (SSSR count). The van der Waals surface area contributed by atoms with Crippen molar-refractivity contribution in [1.29, 1.82) is 0 Å². The van der Waals surface area contributed by atoms with Gasteiger partial charge in [-0.15, -0.1) is 0 Å². The number of aliphatic imine (C=N–C) groups is 2. The molecule has 74 valence electrons. The van der Waals surface area contributed by atoms with Gasteiger partial charge in [0, 0.05) is 0 Å². The van der Waals surface area contributed by atoms with E-state index in [9.17, 15) is 4.79 Å². The molecule has 0 bridgehead atoms. The predicted molar refractivity (Wildman–Crippen MR) is 62.8 cm³/mol. The van der Waals surface area contributed by atoms with Gasteiger partial charge in [0.25, 0.3) is 5.91 Å². The highest BCUT2D eigenvalue weighted by atomic mass is 32.2. The Morgan fingerprint density at radius 3 is 3.00 bits per heavy atom. The van der Waals surface area contributed by atoms with Crippen LogP contribution in [0, 0.1) is 5.92 Å². The van der Waals surface area contributed by atoms with E-state index in [4.69, 9.17) is 0 Å². The Morgan fingerprint density at radius 2 is 2.36 bits per heavy atom. The molecule has 2 heterocycles. The van der Waals surface area contributed by atoms with E-state index in [0.29, 0.717) is 5.17 Å². The number of hydrogen-bond acceptors (Lipinski definition) is 4. The van der Waals surface area contributed by atoms with Crippen LogP contribution in [0.5, 0.6) is 0 Å². The Labute approximate surface area is 91.2 Å². The number of rotatable bonds is 1. The van der Waals surface area contributed by atoms with Crippen LogP contribution in [0.2, 0.25) is 0 Å². The maximum atomic E-state index is 11.6. The summed E-state index contributed by atoms with van der Waals surface area (Å²) < 4.78 is 0. The van der Waals surface area contributed by atoms with Crippen LogP contribution in [0.25, 0.3) is 0 Å². The molecular weight excluding hydrogens is 216 g/mol. The van der Waals surface area contributed by atoms with E-state index >= 15 is 0 Å². The van der Waals surface area contributed by atoms with Gasteiger partial charge in [-0.3, -0.25) is 4.79 Å². The van der Waals surface area contributed by atoms with Crippen LogP contribution in [-0.2, 0) is 4.79 Å². The monoisotopic (exact) mass is 226 g/mol. The van der Waals surface area contributed by atoms with Crippen LogP contribution in [0.15, 0.2) is 21.0 Å². The highest BCUT2D eigenvalue weighted by Crippen LogP contribution is 2.36. The smallest absolute Gasteiger partial charge is 0.261 e. The Bertz CT molecular complexity index is 371. The summed E-state index contributed by atoms with van der Waals surface area (Å²) in [5.41, 5.74) is 0. The van der Waals surface area contributed by atoms with Crippen LogP contribution >= 0.6 is 23.5 Å². The summed E-state index contributed by atoms with van der Waals surface area (Å²) in [6.07, 6.45) is 4.82. The largest absolute Gasteiger partial charge is 0.271 e. The first-order chi connectivity index (χ1) is 6.74. The molecule has 1 amide bonds. The Balaban J connectivity index is 2.28. The third kappa shape index (κ3) is 1.66. The van der Waals surface area contributed by atoms with Crippen molar-refractivity contribution in [2.75, 3.05) is 6.26 Å². The van der Waals surface area contributed by atoms with Crippen LogP contribution < -0.4 is 0 Å². The van der Waals surface area contributed by atoms with Gasteiger partial charge in [-0.2, -0.15) is 4.99 Å². The number of allylic oxidation sites excluding steroid dienone is 1. The van der Waals surface area contributed by atoms with E-state index < -0.39 is 0 Å². The van der Waals surface area contributed by atoms with Crippen molar-refractivity contribution in [2.24, 2.45) is 15.9 Å². The van der Waals surface area contributed by atoms with Gasteiger partial charge < -0.3 is 0 Å². The topological polar surface area (TPSA) is 41.8 Å². The number of carbonyl (C=O) groups excluding carboxylic acids is 1. The van der Waals surface area contributed by atoms with Crippen LogP contribution in [0.1, 0.15) is 13.3 Å². The number of amides is 1. The fraction of sp³-hybridized carbons (Fsp3) is 0.444. The average molecular weight is 226 g/mol. The van der Waals surface area contributed by atoms with Crippen molar-refractivity contribution < 1.29 is 4.79 Å². The minimum absolute atomic E-state index is 0.0738. The van der Waals surface area contributed by atoms with Gasteiger partial charge in [0.05, 0.1) is 5.04 Å². The minimum Gasteiger partial charge on any atom is -0.271 e. The summed E-state index contributed by atoms with van der Waals surface area (Å²) in [6, 6.07) is 0. The lowest BCUT2D eigenvalue weighted by atomic mass is 10.1. The molecule has 0 spiro atoms. The third-order valence-electron chi connectivity index (χ3n) is 2.06. The van der Waals surface area contributed by atoms with Gasteiger partial charge in [-0.05, 0) is 17.6 Å². The summed E-state index contributed by atoms with van der Waals surface area (Å²) in [7, 11) is 0. The molecule has 0 aromatic carbocycles. The molecule has 1 unspecified atom stereocenters. The predicted octanol–water partition coefficient (Wildman–Crippen LogP) is 2.30. The molecule has 0 aromatic rings. The Kier molecular flexibility index (Phi) is 2.78. The summed E-state index contributed by atoms with van der Waals surface area (Å²) >= 11 is 3.03. The maximum Gasteiger partial charge on any atom is 0.261 e. The third-order valence-corrected chi connectivity index (χ3v) is 3.85. The Morgan fingerprint density at radius 1 is 1.57 bits per heavy atom. The molecule has 2 aliphatic rings. The van der Waals surface area contributed by atoms with E-state index in [1.54, 1.807) is 11.8 Å². The number of fused-ring (bicyclic) bond motifs is 1. The molecule has 3 nitrogen and oxygen atoms in total. The first-order valence-electron chi connectivity index (χ1n) is 4.38. The molecule has 0 aliphatic carbocycles. The molecule has 0 aromatic heterocycles. The van der Waals surface area contributed by atoms with E-state index in [1.165, 1.54) is 16.7 Å². The minimum atomic E-state index is -0.189. The summed E-state index contributed by atoms with van der Waals surface area (Å²) in [5.74, 6) is -0.263. The zero-order valence-electron chi connectivity index (χ0n) is 7.98. The number of hydrogen-bond donors (Lipinski definition) is 0. The van der Waals surface area contributed by atoms with Crippen molar-refractivity contribution in [3.05, 3.63) is 11.0 Å². The lowest BCUT2D eigenvalue weighted by Crippen LogP contribution is -2.21. The van der Waals surface area contributed by atoms with Crippen molar-refractivity contribution in [2.45, 2.75) is 13.3 Å². The molecule has 0 saturated heterocycles. The van der Waals surface area contributed by atoms with E-state index in [0.717, 1.165) is 11.5 Å². The van der Waals surface area contributed by atoms with Gasteiger partial charge in [-0.1, -0.05) is 36.5 Å². The van der Waals surface area contributed by atoms with Crippen molar-refractivity contribution in [1.82, 2.24) is 0 Å². The summed E-state index contributed by atoms with van der Waals surface area (Å²) in [6.45, 7) is 2.08. The summed E-state index contributed by atoms with van der Waals surface area (Å²) in [5, 5.41) is 1.48. The normalized spacial score (nSPS) is 25.4. The van der Waals surface area contributed by atoms with Crippen LogP contribution in [-0.4, -0.2) is 22.4 Å². The molecule has 0 radical (unpaired) electrons. The standard InChI is InChI=1S/C9H10N2OS2/c1-3-5-4-6-7(12)10-9(13-2)11-8(6)14-5/h4,6H,3H2,1-2H3. The molecule has 1 atom stereocenters. The number of amidine groups is 1. The molecule has 0 N–H and O–H groups in total. The molecule has 5 heteroatoms. The molecule has 0 saturated carbocycles. The SMILES string of the molecule is CCC1=CC2C(=O)N=C(SC)N=C2S1. The van der Waals surface area contributed by atoms with E-state index in [1.807, 2.05) is 12.3 Å². The quantitative estimate of drug-likeness (QED) is 0.689. The van der Waals surface area contributed by atoms with E-state index in [2.05, 4.69) is 16.9 Å². The average Bonchev–Trinajstić information content (AvgIpc) is 2.61. The van der Waals surface area contributed by atoms with Crippen molar-refractivity contribution >= 4 is 39.6 Å². The van der Waals surface area contributed by atoms with Crippen LogP contribution in [0.3, 0.4) is 0 Å². The molecule has 0 fully saturated rings. The summed E-state index contributed by atoms with van der Waals surface area (Å²) in [4.78, 5) is 21.0. The van der Waals surface area contributed by atoms with Crippen molar-refractivity contribution in [3.8, 4) is 0 Å². The van der Waals surface area contributed by atoms with Crippen molar-refractivity contribution in [3.63, 3.8) is 0 Å². The van der Waals surface area contributed by atoms with Gasteiger partial charge >= 0.3 is 0 Å². The molecule has 2 aliphatic heterocycles. The molecule has 14 heavy (non-hydrogen) atoms. The lowest BCUT2D eigenvalue weighted by Gasteiger charge is -2.10. The first kappa shape index (κ1) is 9.98. The van der Waals surface area contributed by atoms with Gasteiger partial charge in [0.15, 0.2) is 5.17 Å². The zero-order chi connectivity index (χ0) is 10.1. The maximum absolute atomic E-state index is 11.6. The van der Waals surface area contributed by atoms with Gasteiger partial charge in [0.1, 0.15) is 5.92 Å². The number of thioether (sulfide) groups is 2. The van der Waals surface area contributed by atoms with E-state index in [-0.39, 0.29) is 11.8 Å². The lowest BCUT2D eigenvalue weighted by molar-refractivity contribution is -0.118. The Hall–Kier alpha value is -0.550. The second kappa shape index (κ2) is 3.90. The second-order valence-corrected chi connectivity index (χ2v) is 4.87. The fourth-order valence-corrected chi connectivity index (χ4v) is 2.80. The van der Waals surface area contributed by atoms with Gasteiger partial charge in [0.2, 0.25) is 0 Å². The van der Waals surface area contributed by atoms with Gasteiger partial charge in [-0.25, -0.2) is 4.99 Å². The zero-order valence-corrected chi connectivity index (χ0v) is 9.61. The fourth-order valence-electron chi connectivity index (χ4n) is 1.32. The molecular formula is C9H10N2OS2.